The van der Waals surface area contributed by atoms with Gasteiger partial charge in [0.25, 0.3) is 11.8 Å². The van der Waals surface area contributed by atoms with Gasteiger partial charge < -0.3 is 5.32 Å². The Bertz CT molecular complexity index is 893. The summed E-state index contributed by atoms with van der Waals surface area (Å²) < 4.78 is 0. The van der Waals surface area contributed by atoms with E-state index in [4.69, 9.17) is 5.21 Å². The van der Waals surface area contributed by atoms with Crippen molar-refractivity contribution in [2.24, 2.45) is 0 Å². The van der Waals surface area contributed by atoms with Gasteiger partial charge in [-0.2, -0.15) is 0 Å². The first-order valence-corrected chi connectivity index (χ1v) is 7.54. The maximum atomic E-state index is 12.2. The molecule has 0 aliphatic rings. The fourth-order valence-electron chi connectivity index (χ4n) is 2.36. The monoisotopic (exact) mass is 333 g/mol. The second-order valence-electron chi connectivity index (χ2n) is 5.29. The van der Waals surface area contributed by atoms with Gasteiger partial charge in [-0.15, -0.1) is 0 Å². The number of carbonyl (C=O) groups excluding carboxylic acids is 2. The number of pyridine rings is 1. The summed E-state index contributed by atoms with van der Waals surface area (Å²) in [5.74, 6) is -0.778. The van der Waals surface area contributed by atoms with Crippen LogP contribution in [0.5, 0.6) is 0 Å². The summed E-state index contributed by atoms with van der Waals surface area (Å²) in [6, 6.07) is 17.5. The van der Waals surface area contributed by atoms with Crippen LogP contribution in [0.25, 0.3) is 11.1 Å². The average Bonchev–Trinajstić information content (AvgIpc) is 2.68. The first-order valence-electron chi connectivity index (χ1n) is 7.54. The van der Waals surface area contributed by atoms with Crippen LogP contribution in [0.1, 0.15) is 20.7 Å². The molecule has 0 spiro atoms. The van der Waals surface area contributed by atoms with Gasteiger partial charge in [-0.1, -0.05) is 24.3 Å². The normalized spacial score (nSPS) is 10.1. The summed E-state index contributed by atoms with van der Waals surface area (Å²) in [6.45, 7) is 0. The molecule has 0 aliphatic carbocycles. The van der Waals surface area contributed by atoms with E-state index in [9.17, 15) is 9.59 Å². The first-order chi connectivity index (χ1) is 12.2. The number of carbonyl (C=O) groups is 2. The number of rotatable bonds is 4. The number of amides is 2. The van der Waals surface area contributed by atoms with E-state index in [0.717, 1.165) is 11.1 Å². The first kappa shape index (κ1) is 16.4. The lowest BCUT2D eigenvalue weighted by molar-refractivity contribution is 0.0706. The molecule has 0 saturated carbocycles. The largest absolute Gasteiger partial charge is 0.322 e. The zero-order valence-electron chi connectivity index (χ0n) is 13.1. The zero-order valence-corrected chi connectivity index (χ0v) is 13.1. The molecule has 1 aromatic heterocycles. The number of nitrogens with zero attached hydrogens (tertiary/aromatic N) is 1. The highest BCUT2D eigenvalue weighted by molar-refractivity contribution is 6.04. The fraction of sp³-hybridized carbons (Fsp3) is 0. The van der Waals surface area contributed by atoms with Crippen LogP contribution in [0, 0.1) is 0 Å². The highest BCUT2D eigenvalue weighted by atomic mass is 16.5. The van der Waals surface area contributed by atoms with Crippen molar-refractivity contribution in [1.29, 1.82) is 0 Å². The van der Waals surface area contributed by atoms with Crippen LogP contribution in [-0.2, 0) is 0 Å². The van der Waals surface area contributed by atoms with Crippen molar-refractivity contribution in [2.75, 3.05) is 5.32 Å². The molecule has 2 aromatic carbocycles. The van der Waals surface area contributed by atoms with Crippen molar-refractivity contribution < 1.29 is 14.8 Å². The van der Waals surface area contributed by atoms with Crippen molar-refractivity contribution in [3.63, 3.8) is 0 Å². The maximum Gasteiger partial charge on any atom is 0.274 e. The van der Waals surface area contributed by atoms with Crippen LogP contribution in [0.3, 0.4) is 0 Å². The van der Waals surface area contributed by atoms with Crippen LogP contribution in [0.2, 0.25) is 0 Å². The van der Waals surface area contributed by atoms with Gasteiger partial charge in [0.2, 0.25) is 0 Å². The molecule has 2 amide bonds. The van der Waals surface area contributed by atoms with Crippen molar-refractivity contribution in [3.8, 4) is 11.1 Å². The highest BCUT2D eigenvalue weighted by Crippen LogP contribution is 2.23. The summed E-state index contributed by atoms with van der Waals surface area (Å²) in [5.41, 5.74) is 4.92. The Morgan fingerprint density at radius 3 is 2.16 bits per heavy atom. The van der Waals surface area contributed by atoms with E-state index in [1.54, 1.807) is 60.3 Å². The Balaban J connectivity index is 1.79. The van der Waals surface area contributed by atoms with Gasteiger partial charge in [-0.25, -0.2) is 5.48 Å². The quantitative estimate of drug-likeness (QED) is 0.505. The molecule has 0 aliphatic heterocycles. The van der Waals surface area contributed by atoms with Gasteiger partial charge >= 0.3 is 0 Å². The standard InChI is InChI=1S/C19H15N3O3/c23-18(15-8-10-20-11-9-15)21-17-3-1-2-16(12-17)13-4-6-14(7-5-13)19(24)22-25/h1-12,25H,(H,21,23)(H,22,24). The molecule has 124 valence electrons. The van der Waals surface area contributed by atoms with Crippen LogP contribution >= 0.6 is 0 Å². The molecule has 6 nitrogen and oxygen atoms in total. The molecule has 6 heteroatoms. The summed E-state index contributed by atoms with van der Waals surface area (Å²) in [7, 11) is 0. The predicted octanol–water partition coefficient (Wildman–Crippen LogP) is 3.12. The van der Waals surface area contributed by atoms with E-state index in [1.807, 2.05) is 18.2 Å². The highest BCUT2D eigenvalue weighted by Gasteiger charge is 2.07. The average molecular weight is 333 g/mol. The SMILES string of the molecule is O=C(NO)c1ccc(-c2cccc(NC(=O)c3ccncc3)c2)cc1. The molecular formula is C19H15N3O3. The lowest BCUT2D eigenvalue weighted by Gasteiger charge is -2.08. The third-order valence-corrected chi connectivity index (χ3v) is 3.64. The molecule has 3 rings (SSSR count). The van der Waals surface area contributed by atoms with Gasteiger partial charge in [-0.05, 0) is 47.5 Å². The summed E-state index contributed by atoms with van der Waals surface area (Å²) in [6.07, 6.45) is 3.13. The smallest absolute Gasteiger partial charge is 0.274 e. The molecule has 0 bridgehead atoms. The van der Waals surface area contributed by atoms with Gasteiger partial charge in [-0.3, -0.25) is 19.8 Å². The Hall–Kier alpha value is -3.51. The molecule has 0 fully saturated rings. The number of benzene rings is 2. The second kappa shape index (κ2) is 7.37. The lowest BCUT2D eigenvalue weighted by atomic mass is 10.0. The Labute approximate surface area is 144 Å². The predicted molar refractivity (Wildman–Crippen MR) is 93.3 cm³/mol. The van der Waals surface area contributed by atoms with E-state index in [1.165, 1.54) is 0 Å². The molecule has 25 heavy (non-hydrogen) atoms. The van der Waals surface area contributed by atoms with Crippen LogP contribution in [0.4, 0.5) is 5.69 Å². The van der Waals surface area contributed by atoms with Crippen LogP contribution in [-0.4, -0.2) is 22.0 Å². The maximum absolute atomic E-state index is 12.2. The molecule has 1 heterocycles. The fourth-order valence-corrected chi connectivity index (χ4v) is 2.36. The van der Waals surface area contributed by atoms with Gasteiger partial charge in [0.1, 0.15) is 0 Å². The van der Waals surface area contributed by atoms with E-state index in [2.05, 4.69) is 10.3 Å². The molecule has 0 atom stereocenters. The van der Waals surface area contributed by atoms with Crippen molar-refractivity contribution in [3.05, 3.63) is 84.2 Å². The molecule has 0 saturated heterocycles. The van der Waals surface area contributed by atoms with Crippen molar-refractivity contribution in [2.45, 2.75) is 0 Å². The van der Waals surface area contributed by atoms with E-state index < -0.39 is 5.91 Å². The minimum Gasteiger partial charge on any atom is -0.322 e. The number of nitrogens with one attached hydrogen (secondary N) is 2. The van der Waals surface area contributed by atoms with Gasteiger partial charge in [0, 0.05) is 29.2 Å². The van der Waals surface area contributed by atoms with Gasteiger partial charge in [0.15, 0.2) is 0 Å². The Morgan fingerprint density at radius 2 is 1.48 bits per heavy atom. The Kier molecular flexibility index (Phi) is 4.82. The number of hydrogen-bond donors (Lipinski definition) is 3. The number of hydrogen-bond acceptors (Lipinski definition) is 4. The summed E-state index contributed by atoms with van der Waals surface area (Å²) >= 11 is 0. The minimum atomic E-state index is -0.565. The molecular weight excluding hydrogens is 318 g/mol. The molecule has 3 aromatic rings. The third kappa shape index (κ3) is 3.88. The molecule has 0 unspecified atom stereocenters. The third-order valence-electron chi connectivity index (χ3n) is 3.64. The Morgan fingerprint density at radius 1 is 0.800 bits per heavy atom. The van der Waals surface area contributed by atoms with E-state index >= 15 is 0 Å². The minimum absolute atomic E-state index is 0.213. The number of anilines is 1. The zero-order chi connectivity index (χ0) is 17.6. The van der Waals surface area contributed by atoms with Crippen LogP contribution in [0.15, 0.2) is 73.1 Å². The van der Waals surface area contributed by atoms with Gasteiger partial charge in [0.05, 0.1) is 0 Å². The topological polar surface area (TPSA) is 91.3 Å². The van der Waals surface area contributed by atoms with Crippen molar-refractivity contribution >= 4 is 17.5 Å². The summed E-state index contributed by atoms with van der Waals surface area (Å²) in [5, 5.41) is 11.5. The number of aromatic nitrogens is 1. The van der Waals surface area contributed by atoms with E-state index in [-0.39, 0.29) is 5.91 Å². The summed E-state index contributed by atoms with van der Waals surface area (Å²) in [4.78, 5) is 27.5. The molecule has 0 radical (unpaired) electrons. The van der Waals surface area contributed by atoms with Crippen molar-refractivity contribution in [1.82, 2.24) is 10.5 Å². The number of hydroxylamine groups is 1. The van der Waals surface area contributed by atoms with E-state index in [0.29, 0.717) is 16.8 Å². The molecule has 3 N–H and O–H groups in total. The second-order valence-corrected chi connectivity index (χ2v) is 5.29. The lowest BCUT2D eigenvalue weighted by Crippen LogP contribution is -2.18. The van der Waals surface area contributed by atoms with Crippen LogP contribution < -0.4 is 10.8 Å².